The summed E-state index contributed by atoms with van der Waals surface area (Å²) in [5.74, 6) is 0.147. The van der Waals surface area contributed by atoms with Crippen molar-refractivity contribution < 1.29 is 4.79 Å². The molecule has 3 nitrogen and oxygen atoms in total. The molecule has 1 saturated carbocycles. The van der Waals surface area contributed by atoms with Gasteiger partial charge in [-0.1, -0.05) is 33.6 Å². The third-order valence-electron chi connectivity index (χ3n) is 3.55. The van der Waals surface area contributed by atoms with E-state index in [1.807, 2.05) is 0 Å². The molecule has 0 heterocycles. The van der Waals surface area contributed by atoms with Crippen LogP contribution in [0.4, 0.5) is 0 Å². The molecule has 0 spiro atoms. The Bertz CT molecular complexity index is 226. The fraction of sp³-hybridized carbons (Fsp3) is 0.923. The first-order valence-corrected chi connectivity index (χ1v) is 6.56. The van der Waals surface area contributed by atoms with Gasteiger partial charge in [0, 0.05) is 6.04 Å². The van der Waals surface area contributed by atoms with Gasteiger partial charge >= 0.3 is 0 Å². The molecule has 1 atom stereocenters. The zero-order chi connectivity index (χ0) is 12.0. The summed E-state index contributed by atoms with van der Waals surface area (Å²) in [4.78, 5) is 11.7. The van der Waals surface area contributed by atoms with Crippen LogP contribution in [-0.2, 0) is 4.79 Å². The maximum atomic E-state index is 11.7. The Balaban J connectivity index is 2.31. The first-order valence-electron chi connectivity index (χ1n) is 6.56. The molecule has 1 unspecified atom stereocenters. The number of rotatable bonds is 5. The van der Waals surface area contributed by atoms with Crippen molar-refractivity contribution >= 4 is 5.91 Å². The molecule has 0 radical (unpaired) electrons. The summed E-state index contributed by atoms with van der Waals surface area (Å²) < 4.78 is 0. The van der Waals surface area contributed by atoms with Gasteiger partial charge in [-0.15, -0.1) is 0 Å². The van der Waals surface area contributed by atoms with Gasteiger partial charge in [-0.25, -0.2) is 0 Å². The van der Waals surface area contributed by atoms with E-state index in [0.717, 1.165) is 19.4 Å². The van der Waals surface area contributed by atoms with Crippen LogP contribution in [0.2, 0.25) is 0 Å². The first-order chi connectivity index (χ1) is 7.56. The fourth-order valence-electron chi connectivity index (χ4n) is 2.39. The Morgan fingerprint density at radius 2 is 2.12 bits per heavy atom. The quantitative estimate of drug-likeness (QED) is 0.705. The largest absolute Gasteiger partial charge is 0.352 e. The molecule has 94 valence electrons. The monoisotopic (exact) mass is 226 g/mol. The number of amides is 1. The number of carbonyl (C=O) groups excluding carboxylic acids is 1. The minimum Gasteiger partial charge on any atom is -0.352 e. The molecule has 0 aromatic rings. The van der Waals surface area contributed by atoms with Crippen molar-refractivity contribution in [2.75, 3.05) is 13.1 Å². The third-order valence-corrected chi connectivity index (χ3v) is 3.55. The summed E-state index contributed by atoms with van der Waals surface area (Å²) in [6.45, 7) is 8.00. The standard InChI is InChI=1S/C13H26N2O/c1-4-9-14-10-12(16)15-11-7-5-6-8-13(11,2)3/h11,14H,4-10H2,1-3H3,(H,15,16). The minimum atomic E-state index is 0.147. The van der Waals surface area contributed by atoms with Gasteiger partial charge in [-0.2, -0.15) is 0 Å². The van der Waals surface area contributed by atoms with E-state index >= 15 is 0 Å². The summed E-state index contributed by atoms with van der Waals surface area (Å²) in [5, 5.41) is 6.31. The molecule has 0 aliphatic heterocycles. The summed E-state index contributed by atoms with van der Waals surface area (Å²) in [5.41, 5.74) is 0.263. The van der Waals surface area contributed by atoms with Crippen LogP contribution in [0.25, 0.3) is 0 Å². The topological polar surface area (TPSA) is 41.1 Å². The molecule has 1 amide bonds. The average molecular weight is 226 g/mol. The fourth-order valence-corrected chi connectivity index (χ4v) is 2.39. The van der Waals surface area contributed by atoms with E-state index in [2.05, 4.69) is 31.4 Å². The van der Waals surface area contributed by atoms with Gasteiger partial charge in [0.15, 0.2) is 0 Å². The second kappa shape index (κ2) is 6.24. The molecule has 2 N–H and O–H groups in total. The SMILES string of the molecule is CCCNCC(=O)NC1CCCCC1(C)C. The number of hydrogen-bond acceptors (Lipinski definition) is 2. The molecule has 0 aromatic carbocycles. The molecule has 1 fully saturated rings. The van der Waals surface area contributed by atoms with Gasteiger partial charge in [0.2, 0.25) is 5.91 Å². The van der Waals surface area contributed by atoms with Gasteiger partial charge in [-0.05, 0) is 31.2 Å². The van der Waals surface area contributed by atoms with E-state index < -0.39 is 0 Å². The lowest BCUT2D eigenvalue weighted by Gasteiger charge is -2.39. The molecule has 3 heteroatoms. The molecule has 0 saturated heterocycles. The van der Waals surface area contributed by atoms with E-state index in [1.54, 1.807) is 0 Å². The van der Waals surface area contributed by atoms with Gasteiger partial charge in [0.05, 0.1) is 6.54 Å². The Morgan fingerprint density at radius 3 is 2.75 bits per heavy atom. The number of carbonyl (C=O) groups is 1. The van der Waals surface area contributed by atoms with Crippen LogP contribution >= 0.6 is 0 Å². The lowest BCUT2D eigenvalue weighted by Crippen LogP contribution is -2.49. The van der Waals surface area contributed by atoms with Crippen LogP contribution in [0, 0.1) is 5.41 Å². The van der Waals surface area contributed by atoms with Crippen molar-refractivity contribution in [1.82, 2.24) is 10.6 Å². The van der Waals surface area contributed by atoms with Crippen LogP contribution in [0.1, 0.15) is 52.9 Å². The average Bonchev–Trinajstić information content (AvgIpc) is 2.21. The lowest BCUT2D eigenvalue weighted by atomic mass is 9.73. The molecule has 0 aromatic heterocycles. The van der Waals surface area contributed by atoms with Crippen molar-refractivity contribution in [3.05, 3.63) is 0 Å². The Labute approximate surface area is 99.4 Å². The molecular weight excluding hydrogens is 200 g/mol. The van der Waals surface area contributed by atoms with Crippen LogP contribution < -0.4 is 10.6 Å². The molecule has 16 heavy (non-hydrogen) atoms. The van der Waals surface area contributed by atoms with E-state index in [9.17, 15) is 4.79 Å². The van der Waals surface area contributed by atoms with Crippen molar-refractivity contribution in [3.63, 3.8) is 0 Å². The normalized spacial score (nSPS) is 24.1. The summed E-state index contributed by atoms with van der Waals surface area (Å²) in [7, 11) is 0. The highest BCUT2D eigenvalue weighted by molar-refractivity contribution is 5.78. The summed E-state index contributed by atoms with van der Waals surface area (Å²) in [6.07, 6.45) is 5.97. The van der Waals surface area contributed by atoms with Gasteiger partial charge in [0.25, 0.3) is 0 Å². The Kier molecular flexibility index (Phi) is 5.26. The molecule has 1 aliphatic rings. The second-order valence-corrected chi connectivity index (χ2v) is 5.53. The number of nitrogens with one attached hydrogen (secondary N) is 2. The van der Waals surface area contributed by atoms with Crippen LogP contribution in [0.5, 0.6) is 0 Å². The van der Waals surface area contributed by atoms with E-state index in [-0.39, 0.29) is 11.3 Å². The molecule has 1 rings (SSSR count). The number of hydrogen-bond donors (Lipinski definition) is 2. The van der Waals surface area contributed by atoms with Gasteiger partial charge in [-0.3, -0.25) is 4.79 Å². The van der Waals surface area contributed by atoms with Crippen molar-refractivity contribution in [1.29, 1.82) is 0 Å². The van der Waals surface area contributed by atoms with Crippen LogP contribution in [-0.4, -0.2) is 25.0 Å². The zero-order valence-electron chi connectivity index (χ0n) is 10.9. The zero-order valence-corrected chi connectivity index (χ0v) is 10.9. The highest BCUT2D eigenvalue weighted by Crippen LogP contribution is 2.35. The Morgan fingerprint density at radius 1 is 1.38 bits per heavy atom. The first kappa shape index (κ1) is 13.5. The van der Waals surface area contributed by atoms with Crippen LogP contribution in [0.15, 0.2) is 0 Å². The smallest absolute Gasteiger partial charge is 0.234 e. The highest BCUT2D eigenvalue weighted by Gasteiger charge is 2.32. The van der Waals surface area contributed by atoms with Crippen molar-refractivity contribution in [2.45, 2.75) is 58.9 Å². The van der Waals surface area contributed by atoms with Gasteiger partial charge in [0.1, 0.15) is 0 Å². The summed E-state index contributed by atoms with van der Waals surface area (Å²) >= 11 is 0. The third kappa shape index (κ3) is 4.12. The maximum absolute atomic E-state index is 11.7. The maximum Gasteiger partial charge on any atom is 0.234 e. The predicted octanol–water partition coefficient (Wildman–Crippen LogP) is 2.07. The molecule has 1 aliphatic carbocycles. The molecule has 0 bridgehead atoms. The highest BCUT2D eigenvalue weighted by atomic mass is 16.2. The van der Waals surface area contributed by atoms with Crippen molar-refractivity contribution in [2.24, 2.45) is 5.41 Å². The lowest BCUT2D eigenvalue weighted by molar-refractivity contribution is -0.122. The Hall–Kier alpha value is -0.570. The minimum absolute atomic E-state index is 0.147. The van der Waals surface area contributed by atoms with E-state index in [4.69, 9.17) is 0 Å². The van der Waals surface area contributed by atoms with Crippen molar-refractivity contribution in [3.8, 4) is 0 Å². The predicted molar refractivity (Wildman–Crippen MR) is 67.3 cm³/mol. The van der Waals surface area contributed by atoms with Gasteiger partial charge < -0.3 is 10.6 Å². The van der Waals surface area contributed by atoms with E-state index in [0.29, 0.717) is 12.6 Å². The molecular formula is C13H26N2O. The van der Waals surface area contributed by atoms with E-state index in [1.165, 1.54) is 19.3 Å². The summed E-state index contributed by atoms with van der Waals surface area (Å²) in [6, 6.07) is 0.358. The van der Waals surface area contributed by atoms with Crippen LogP contribution in [0.3, 0.4) is 0 Å². The second-order valence-electron chi connectivity index (χ2n) is 5.53.